The maximum atomic E-state index is 6.03. The van der Waals surface area contributed by atoms with Crippen molar-refractivity contribution in [2.45, 2.75) is 50.1 Å². The lowest BCUT2D eigenvalue weighted by Gasteiger charge is -2.24. The third-order valence-electron chi connectivity index (χ3n) is 2.24. The molecule has 0 radical (unpaired) electrons. The van der Waals surface area contributed by atoms with Crippen LogP contribution < -0.4 is 0 Å². The smallest absolute Gasteiger partial charge is 0.161 e. The molecular formula is C8H17ClOSi. The first kappa shape index (κ1) is 9.55. The second kappa shape index (κ2) is 5.17. The molecule has 0 aromatic carbocycles. The van der Waals surface area contributed by atoms with Crippen LogP contribution in [-0.4, -0.2) is 21.2 Å². The van der Waals surface area contributed by atoms with Gasteiger partial charge in [0.1, 0.15) is 0 Å². The van der Waals surface area contributed by atoms with E-state index < -0.39 is 0 Å². The summed E-state index contributed by atoms with van der Waals surface area (Å²) in [5.74, 6) is 0. The first-order chi connectivity index (χ1) is 5.33. The lowest BCUT2D eigenvalue weighted by molar-refractivity contribution is 0.170. The Bertz CT molecular complexity index is 104. The number of halogens is 1. The summed E-state index contributed by atoms with van der Waals surface area (Å²) in [7, 11) is -0.148. The molecular weight excluding hydrogens is 176 g/mol. The van der Waals surface area contributed by atoms with Crippen molar-refractivity contribution in [3.05, 3.63) is 0 Å². The number of hydrogen-bond donors (Lipinski definition) is 0. The fourth-order valence-electron chi connectivity index (χ4n) is 1.45. The highest BCUT2D eigenvalue weighted by molar-refractivity contribution is 6.27. The van der Waals surface area contributed by atoms with Crippen molar-refractivity contribution in [3.8, 4) is 0 Å². The summed E-state index contributed by atoms with van der Waals surface area (Å²) >= 11 is 6.03. The summed E-state index contributed by atoms with van der Waals surface area (Å²) in [6.07, 6.45) is 5.28. The third-order valence-corrected chi connectivity index (χ3v) is 4.22. The molecule has 1 rings (SSSR count). The molecule has 2 atom stereocenters. The summed E-state index contributed by atoms with van der Waals surface area (Å²) in [4.78, 5) is 0. The van der Waals surface area contributed by atoms with Gasteiger partial charge in [-0.15, -0.1) is 11.6 Å². The quantitative estimate of drug-likeness (QED) is 0.492. The van der Waals surface area contributed by atoms with E-state index in [4.69, 9.17) is 16.0 Å². The fourth-order valence-corrected chi connectivity index (χ4v) is 2.94. The van der Waals surface area contributed by atoms with Crippen LogP contribution >= 0.6 is 11.6 Å². The molecule has 0 amide bonds. The summed E-state index contributed by atoms with van der Waals surface area (Å²) in [6, 6.07) is 1.37. The molecule has 0 aromatic heterocycles. The van der Waals surface area contributed by atoms with E-state index in [0.717, 1.165) is 12.8 Å². The van der Waals surface area contributed by atoms with Crippen molar-refractivity contribution in [2.75, 3.05) is 0 Å². The van der Waals surface area contributed by atoms with Crippen LogP contribution in [0.4, 0.5) is 0 Å². The van der Waals surface area contributed by atoms with Gasteiger partial charge in [-0.2, -0.15) is 0 Å². The third kappa shape index (κ3) is 3.59. The average molecular weight is 193 g/mol. The average Bonchev–Trinajstić information content (AvgIpc) is 2.06. The maximum absolute atomic E-state index is 6.03. The van der Waals surface area contributed by atoms with Gasteiger partial charge >= 0.3 is 0 Å². The molecule has 1 heterocycles. The molecule has 11 heavy (non-hydrogen) atoms. The molecule has 0 saturated carbocycles. The molecule has 1 nitrogen and oxygen atoms in total. The minimum Gasteiger partial charge on any atom is -0.421 e. The van der Waals surface area contributed by atoms with Crippen molar-refractivity contribution < 1.29 is 4.43 Å². The number of hydrogen-bond acceptors (Lipinski definition) is 1. The monoisotopic (exact) mass is 192 g/mol. The van der Waals surface area contributed by atoms with Gasteiger partial charge in [-0.3, -0.25) is 0 Å². The number of alkyl halides is 1. The van der Waals surface area contributed by atoms with Crippen LogP contribution in [0.25, 0.3) is 0 Å². The fraction of sp³-hybridized carbons (Fsp3) is 1.00. The summed E-state index contributed by atoms with van der Waals surface area (Å²) in [5.41, 5.74) is 0. The minimum absolute atomic E-state index is 0.148. The Morgan fingerprint density at radius 2 is 2.55 bits per heavy atom. The van der Waals surface area contributed by atoms with E-state index in [0.29, 0.717) is 11.5 Å². The standard InChI is InChI=1S/C8H17ClOSi/c1-2-7(9)6-8-4-3-5-11-10-8/h7-8H,2-6,11H2,1H3. The molecule has 3 heteroatoms. The van der Waals surface area contributed by atoms with Gasteiger partial charge in [0.05, 0.1) is 0 Å². The Kier molecular flexibility index (Phi) is 4.49. The predicted molar refractivity (Wildman–Crippen MR) is 52.0 cm³/mol. The Morgan fingerprint density at radius 1 is 1.73 bits per heavy atom. The molecule has 1 saturated heterocycles. The van der Waals surface area contributed by atoms with E-state index in [-0.39, 0.29) is 9.76 Å². The molecule has 1 fully saturated rings. The molecule has 0 aromatic rings. The zero-order valence-corrected chi connectivity index (χ0v) is 9.35. The molecule has 66 valence electrons. The van der Waals surface area contributed by atoms with Crippen molar-refractivity contribution in [2.24, 2.45) is 0 Å². The second-order valence-electron chi connectivity index (χ2n) is 3.23. The summed E-state index contributed by atoms with van der Waals surface area (Å²) in [5, 5.41) is 0.340. The van der Waals surface area contributed by atoms with Gasteiger partial charge in [0.15, 0.2) is 9.76 Å². The lowest BCUT2D eigenvalue weighted by Crippen LogP contribution is -2.23. The SMILES string of the molecule is CCC(Cl)CC1CCC[SiH2]O1. The zero-order chi connectivity index (χ0) is 8.10. The lowest BCUT2D eigenvalue weighted by atomic mass is 10.1. The Morgan fingerprint density at radius 3 is 3.09 bits per heavy atom. The van der Waals surface area contributed by atoms with Crippen LogP contribution in [0.5, 0.6) is 0 Å². The number of rotatable bonds is 3. The topological polar surface area (TPSA) is 9.23 Å². The van der Waals surface area contributed by atoms with Crippen molar-refractivity contribution in [3.63, 3.8) is 0 Å². The zero-order valence-electron chi connectivity index (χ0n) is 7.18. The summed E-state index contributed by atoms with van der Waals surface area (Å²) < 4.78 is 5.70. The molecule has 0 bridgehead atoms. The highest BCUT2D eigenvalue weighted by Gasteiger charge is 2.16. The largest absolute Gasteiger partial charge is 0.421 e. The van der Waals surface area contributed by atoms with Gasteiger partial charge in [0.2, 0.25) is 0 Å². The van der Waals surface area contributed by atoms with Crippen LogP contribution in [0.2, 0.25) is 6.04 Å². The van der Waals surface area contributed by atoms with Crippen molar-refractivity contribution >= 4 is 21.4 Å². The van der Waals surface area contributed by atoms with E-state index in [1.54, 1.807) is 0 Å². The van der Waals surface area contributed by atoms with Crippen molar-refractivity contribution in [1.82, 2.24) is 0 Å². The van der Waals surface area contributed by atoms with Gasteiger partial charge in [-0.05, 0) is 25.3 Å². The highest BCUT2D eigenvalue weighted by atomic mass is 35.5. The molecule has 1 aliphatic heterocycles. The Balaban J connectivity index is 2.13. The molecule has 0 N–H and O–H groups in total. The van der Waals surface area contributed by atoms with E-state index in [2.05, 4.69) is 6.92 Å². The van der Waals surface area contributed by atoms with Crippen LogP contribution in [0.15, 0.2) is 0 Å². The normalized spacial score (nSPS) is 30.5. The Labute approximate surface area is 76.4 Å². The van der Waals surface area contributed by atoms with Crippen LogP contribution in [0.1, 0.15) is 32.6 Å². The maximum Gasteiger partial charge on any atom is 0.161 e. The Hall–Kier alpha value is 0.467. The first-order valence-corrected chi connectivity index (χ1v) is 6.60. The first-order valence-electron chi connectivity index (χ1n) is 4.58. The second-order valence-corrected chi connectivity index (χ2v) is 5.30. The van der Waals surface area contributed by atoms with Gasteiger partial charge in [0.25, 0.3) is 0 Å². The van der Waals surface area contributed by atoms with Crippen LogP contribution in [-0.2, 0) is 4.43 Å². The van der Waals surface area contributed by atoms with E-state index in [1.165, 1.54) is 18.9 Å². The van der Waals surface area contributed by atoms with E-state index >= 15 is 0 Å². The highest BCUT2D eigenvalue weighted by Crippen LogP contribution is 2.19. The van der Waals surface area contributed by atoms with E-state index in [1.807, 2.05) is 0 Å². The van der Waals surface area contributed by atoms with E-state index in [9.17, 15) is 0 Å². The molecule has 2 unspecified atom stereocenters. The van der Waals surface area contributed by atoms with Gasteiger partial charge < -0.3 is 4.43 Å². The van der Waals surface area contributed by atoms with Gasteiger partial charge in [0, 0.05) is 11.5 Å². The van der Waals surface area contributed by atoms with Gasteiger partial charge in [-0.25, -0.2) is 0 Å². The predicted octanol–water partition coefficient (Wildman–Crippen LogP) is 2.08. The van der Waals surface area contributed by atoms with Crippen molar-refractivity contribution in [1.29, 1.82) is 0 Å². The summed E-state index contributed by atoms with van der Waals surface area (Å²) in [6.45, 7) is 2.14. The molecule has 0 spiro atoms. The molecule has 1 aliphatic rings. The minimum atomic E-state index is -0.148. The van der Waals surface area contributed by atoms with Crippen LogP contribution in [0.3, 0.4) is 0 Å². The van der Waals surface area contributed by atoms with Gasteiger partial charge in [-0.1, -0.05) is 13.3 Å². The molecule has 0 aliphatic carbocycles. The van der Waals surface area contributed by atoms with Crippen LogP contribution in [0, 0.1) is 0 Å².